The van der Waals surface area contributed by atoms with Gasteiger partial charge in [0.05, 0.1) is 0 Å². The lowest BCUT2D eigenvalue weighted by Gasteiger charge is -2.48. The highest BCUT2D eigenvalue weighted by Crippen LogP contribution is 2.49. The van der Waals surface area contributed by atoms with E-state index in [-0.39, 0.29) is 24.1 Å². The van der Waals surface area contributed by atoms with E-state index in [0.29, 0.717) is 29.7 Å². The van der Waals surface area contributed by atoms with E-state index >= 15 is 0 Å². The monoisotopic (exact) mass is 278 g/mol. The van der Waals surface area contributed by atoms with Gasteiger partial charge in [0, 0.05) is 12.0 Å². The number of carbonyl (C=O) groups is 2. The average molecular weight is 278 g/mol. The van der Waals surface area contributed by atoms with Crippen LogP contribution in [0.1, 0.15) is 45.4 Å². The Hall–Kier alpha value is -1.32. The molecule has 0 aromatic carbocycles. The van der Waals surface area contributed by atoms with Crippen LogP contribution in [0.3, 0.4) is 0 Å². The van der Waals surface area contributed by atoms with E-state index in [1.165, 1.54) is 6.42 Å². The molecule has 0 spiro atoms. The summed E-state index contributed by atoms with van der Waals surface area (Å²) in [7, 11) is 0. The summed E-state index contributed by atoms with van der Waals surface area (Å²) >= 11 is 0. The van der Waals surface area contributed by atoms with Crippen molar-refractivity contribution in [3.63, 3.8) is 0 Å². The van der Waals surface area contributed by atoms with Gasteiger partial charge in [-0.15, -0.1) is 0 Å². The molecule has 4 nitrogen and oxygen atoms in total. The molecule has 3 saturated carbocycles. The second-order valence-corrected chi connectivity index (χ2v) is 6.52. The second-order valence-electron chi connectivity index (χ2n) is 6.52. The number of ether oxygens (including phenoxy) is 2. The predicted molar refractivity (Wildman–Crippen MR) is 72.7 cm³/mol. The Morgan fingerprint density at radius 3 is 2.55 bits per heavy atom. The standard InChI is InChI=1S/C16H22O4/c1-9(2)16(18)20-14-8-10-3-4-11(14)7-12(10)13-5-6-15(17)19-13/h10-14H,1,3-8H2,2H3. The van der Waals surface area contributed by atoms with Gasteiger partial charge in [-0.05, 0) is 56.8 Å². The van der Waals surface area contributed by atoms with Gasteiger partial charge in [-0.3, -0.25) is 4.79 Å². The Bertz CT molecular complexity index is 442. The largest absolute Gasteiger partial charge is 0.462 e. The molecule has 3 aliphatic carbocycles. The molecule has 110 valence electrons. The van der Waals surface area contributed by atoms with Crippen LogP contribution in [0.4, 0.5) is 0 Å². The van der Waals surface area contributed by atoms with E-state index in [4.69, 9.17) is 9.47 Å². The first kappa shape index (κ1) is 13.7. The molecule has 0 aromatic heterocycles. The van der Waals surface area contributed by atoms with Gasteiger partial charge in [-0.25, -0.2) is 4.79 Å². The summed E-state index contributed by atoms with van der Waals surface area (Å²) in [6, 6.07) is 0. The van der Waals surface area contributed by atoms with Crippen molar-refractivity contribution in [1.29, 1.82) is 0 Å². The van der Waals surface area contributed by atoms with Crippen LogP contribution < -0.4 is 0 Å². The zero-order valence-corrected chi connectivity index (χ0v) is 12.0. The predicted octanol–water partition coefficient (Wildman–Crippen LogP) is 2.62. The Morgan fingerprint density at radius 1 is 1.25 bits per heavy atom. The molecule has 2 bridgehead atoms. The third-order valence-electron chi connectivity index (χ3n) is 5.15. The normalized spacial score (nSPS) is 39.5. The maximum Gasteiger partial charge on any atom is 0.333 e. The summed E-state index contributed by atoms with van der Waals surface area (Å²) in [5, 5.41) is 0. The molecular formula is C16H22O4. The fraction of sp³-hybridized carbons (Fsp3) is 0.750. The Labute approximate surface area is 119 Å². The molecule has 20 heavy (non-hydrogen) atoms. The lowest BCUT2D eigenvalue weighted by Crippen LogP contribution is -2.46. The Balaban J connectivity index is 1.62. The Kier molecular flexibility index (Phi) is 3.57. The minimum absolute atomic E-state index is 0.0336. The first-order valence-electron chi connectivity index (χ1n) is 7.60. The third kappa shape index (κ3) is 2.48. The summed E-state index contributed by atoms with van der Waals surface area (Å²) in [6.07, 6.45) is 5.80. The zero-order valence-electron chi connectivity index (χ0n) is 12.0. The van der Waals surface area contributed by atoms with Gasteiger partial charge in [0.15, 0.2) is 0 Å². The van der Waals surface area contributed by atoms with Crippen LogP contribution in [-0.2, 0) is 19.1 Å². The van der Waals surface area contributed by atoms with Crippen molar-refractivity contribution in [3.8, 4) is 0 Å². The molecule has 5 unspecified atom stereocenters. The lowest BCUT2D eigenvalue weighted by molar-refractivity contribution is -0.160. The van der Waals surface area contributed by atoms with Crippen molar-refractivity contribution in [3.05, 3.63) is 12.2 Å². The molecule has 4 rings (SSSR count). The molecule has 1 aliphatic heterocycles. The molecule has 1 heterocycles. The van der Waals surface area contributed by atoms with E-state index in [1.54, 1.807) is 6.92 Å². The van der Waals surface area contributed by atoms with Crippen LogP contribution >= 0.6 is 0 Å². The molecule has 0 aromatic rings. The van der Waals surface area contributed by atoms with Crippen molar-refractivity contribution in [2.75, 3.05) is 0 Å². The molecule has 4 fully saturated rings. The van der Waals surface area contributed by atoms with E-state index in [1.807, 2.05) is 0 Å². The van der Waals surface area contributed by atoms with Crippen molar-refractivity contribution in [2.24, 2.45) is 17.8 Å². The fourth-order valence-corrected chi connectivity index (χ4v) is 4.11. The van der Waals surface area contributed by atoms with E-state index in [2.05, 4.69) is 6.58 Å². The number of cyclic esters (lactones) is 1. The van der Waals surface area contributed by atoms with Gasteiger partial charge in [0.2, 0.25) is 0 Å². The summed E-state index contributed by atoms with van der Waals surface area (Å²) in [4.78, 5) is 23.0. The maximum absolute atomic E-state index is 11.7. The van der Waals surface area contributed by atoms with Crippen molar-refractivity contribution in [2.45, 2.75) is 57.7 Å². The molecule has 4 aliphatic rings. The highest BCUT2D eigenvalue weighted by molar-refractivity contribution is 5.87. The molecular weight excluding hydrogens is 256 g/mol. The minimum atomic E-state index is -0.272. The SMILES string of the molecule is C=C(C)C(=O)OC1CC2CCC1CC2C1CCC(=O)O1. The summed E-state index contributed by atoms with van der Waals surface area (Å²) < 4.78 is 11.0. The van der Waals surface area contributed by atoms with E-state index in [9.17, 15) is 9.59 Å². The fourth-order valence-electron chi connectivity index (χ4n) is 4.11. The number of hydrogen-bond acceptors (Lipinski definition) is 4. The molecule has 0 radical (unpaired) electrons. The molecule has 4 heteroatoms. The quantitative estimate of drug-likeness (QED) is 0.588. The van der Waals surface area contributed by atoms with Gasteiger partial charge < -0.3 is 9.47 Å². The van der Waals surface area contributed by atoms with Crippen LogP contribution in [-0.4, -0.2) is 24.1 Å². The first-order valence-corrected chi connectivity index (χ1v) is 7.60. The van der Waals surface area contributed by atoms with Gasteiger partial charge in [0.1, 0.15) is 12.2 Å². The highest BCUT2D eigenvalue weighted by atomic mass is 16.6. The van der Waals surface area contributed by atoms with Crippen LogP contribution in [0.5, 0.6) is 0 Å². The first-order chi connectivity index (χ1) is 9.54. The number of fused-ring (bicyclic) bond motifs is 3. The molecule has 1 saturated heterocycles. The van der Waals surface area contributed by atoms with Crippen LogP contribution in [0, 0.1) is 17.8 Å². The van der Waals surface area contributed by atoms with Gasteiger partial charge in [0.25, 0.3) is 0 Å². The molecule has 0 N–H and O–H groups in total. The Morgan fingerprint density at radius 2 is 2.00 bits per heavy atom. The smallest absolute Gasteiger partial charge is 0.333 e. The molecule has 0 amide bonds. The molecule has 5 atom stereocenters. The number of carbonyl (C=O) groups excluding carboxylic acids is 2. The zero-order chi connectivity index (χ0) is 14.3. The van der Waals surface area contributed by atoms with Gasteiger partial charge in [-0.1, -0.05) is 6.58 Å². The number of hydrogen-bond donors (Lipinski definition) is 0. The van der Waals surface area contributed by atoms with Gasteiger partial charge >= 0.3 is 11.9 Å². The highest BCUT2D eigenvalue weighted by Gasteiger charge is 2.48. The van der Waals surface area contributed by atoms with E-state index < -0.39 is 0 Å². The summed E-state index contributed by atoms with van der Waals surface area (Å²) in [5.41, 5.74) is 0.465. The second kappa shape index (κ2) is 5.23. The number of rotatable bonds is 3. The average Bonchev–Trinajstić information content (AvgIpc) is 2.86. The maximum atomic E-state index is 11.7. The van der Waals surface area contributed by atoms with Crippen LogP contribution in [0.2, 0.25) is 0 Å². The van der Waals surface area contributed by atoms with Crippen molar-refractivity contribution < 1.29 is 19.1 Å². The van der Waals surface area contributed by atoms with Crippen molar-refractivity contribution >= 4 is 11.9 Å². The summed E-state index contributed by atoms with van der Waals surface area (Å²) in [5.74, 6) is 1.10. The van der Waals surface area contributed by atoms with Crippen LogP contribution in [0.25, 0.3) is 0 Å². The topological polar surface area (TPSA) is 52.6 Å². The van der Waals surface area contributed by atoms with Crippen molar-refractivity contribution in [1.82, 2.24) is 0 Å². The third-order valence-corrected chi connectivity index (χ3v) is 5.15. The lowest BCUT2D eigenvalue weighted by atomic mass is 9.61. The van der Waals surface area contributed by atoms with Gasteiger partial charge in [-0.2, -0.15) is 0 Å². The van der Waals surface area contributed by atoms with Crippen LogP contribution in [0.15, 0.2) is 12.2 Å². The number of esters is 2. The minimum Gasteiger partial charge on any atom is -0.462 e. The van der Waals surface area contributed by atoms with E-state index in [0.717, 1.165) is 25.7 Å². The summed E-state index contributed by atoms with van der Waals surface area (Å²) in [6.45, 7) is 5.32.